The number of benzene rings is 1. The number of hydrogen-bond donors (Lipinski definition) is 0. The molecule has 0 atom stereocenters. The number of ether oxygens (including phenoxy) is 3. The number of fused-ring (bicyclic) bond motifs is 1. The minimum Gasteiger partial charge on any atom is -0.474 e. The summed E-state index contributed by atoms with van der Waals surface area (Å²) in [5, 5.41) is 0. The molecular weight excluding hydrogens is 448 g/mol. The molecule has 3 heterocycles. The van der Waals surface area contributed by atoms with Crippen molar-refractivity contribution in [2.75, 3.05) is 51.1 Å². The van der Waals surface area contributed by atoms with E-state index in [0.717, 1.165) is 17.7 Å². The lowest BCUT2D eigenvalue weighted by Crippen LogP contribution is -2.42. The predicted octanol–water partition coefficient (Wildman–Crippen LogP) is 2.20. The highest BCUT2D eigenvalue weighted by Crippen LogP contribution is 2.35. The third kappa shape index (κ3) is 5.53. The molecule has 1 amide bonds. The molecule has 0 radical (unpaired) electrons. The number of carbonyl (C=O) groups is 1. The van der Waals surface area contributed by atoms with Crippen molar-refractivity contribution in [1.82, 2.24) is 14.9 Å². The topological polar surface area (TPSA) is 111 Å². The molecule has 2 aliphatic heterocycles. The van der Waals surface area contributed by atoms with E-state index >= 15 is 0 Å². The number of rotatable bonds is 7. The zero-order chi connectivity index (χ0) is 23.4. The lowest BCUT2D eigenvalue weighted by molar-refractivity contribution is 0.0506. The van der Waals surface area contributed by atoms with Crippen molar-refractivity contribution in [3.05, 3.63) is 36.2 Å². The second-order valence-corrected chi connectivity index (χ2v) is 10.1. The molecule has 1 aromatic carbocycles. The molecular formula is C22H28N4O6S. The van der Waals surface area contributed by atoms with Crippen LogP contribution in [0, 0.1) is 0 Å². The third-order valence-corrected chi connectivity index (χ3v) is 6.89. The first-order chi connectivity index (χ1) is 15.8. The fourth-order valence-electron chi connectivity index (χ4n) is 4.02. The maximum Gasteiger partial charge on any atom is 0.409 e. The number of hydrogen-bond acceptors (Lipinski definition) is 9. The standard InChI is InChI=1S/C22H28N4O6S/c1-30-11-12-31-22(27)25-8-6-17(7-9-25)32-21-14-20(23-15-24-21)26-10-5-16-13-18(33(2,28)29)3-4-19(16)26/h3-4,13-15,17H,5-12H2,1-2H3. The van der Waals surface area contributed by atoms with Crippen molar-refractivity contribution in [1.29, 1.82) is 0 Å². The Labute approximate surface area is 193 Å². The van der Waals surface area contributed by atoms with E-state index in [4.69, 9.17) is 14.2 Å². The minimum absolute atomic E-state index is 0.0565. The van der Waals surface area contributed by atoms with Gasteiger partial charge in [0, 0.05) is 57.6 Å². The number of sulfone groups is 1. The Morgan fingerprint density at radius 3 is 2.64 bits per heavy atom. The highest BCUT2D eigenvalue weighted by molar-refractivity contribution is 7.90. The van der Waals surface area contributed by atoms with Crippen LogP contribution in [0.2, 0.25) is 0 Å². The van der Waals surface area contributed by atoms with Crippen LogP contribution in [0.4, 0.5) is 16.3 Å². The molecule has 178 valence electrons. The average Bonchev–Trinajstić information content (AvgIpc) is 3.23. The molecule has 4 rings (SSSR count). The third-order valence-electron chi connectivity index (χ3n) is 5.78. The van der Waals surface area contributed by atoms with Crippen molar-refractivity contribution in [3.63, 3.8) is 0 Å². The van der Waals surface area contributed by atoms with Crippen molar-refractivity contribution in [2.24, 2.45) is 0 Å². The summed E-state index contributed by atoms with van der Waals surface area (Å²) < 4.78 is 39.8. The van der Waals surface area contributed by atoms with Crippen molar-refractivity contribution in [2.45, 2.75) is 30.3 Å². The quantitative estimate of drug-likeness (QED) is 0.555. The molecule has 0 bridgehead atoms. The first-order valence-electron chi connectivity index (χ1n) is 10.8. The zero-order valence-electron chi connectivity index (χ0n) is 18.8. The zero-order valence-corrected chi connectivity index (χ0v) is 19.6. The van der Waals surface area contributed by atoms with Gasteiger partial charge in [0.05, 0.1) is 11.5 Å². The van der Waals surface area contributed by atoms with Crippen LogP contribution < -0.4 is 9.64 Å². The summed E-state index contributed by atoms with van der Waals surface area (Å²) in [7, 11) is -1.69. The number of aromatic nitrogens is 2. The number of methoxy groups -OCH3 is 1. The fraction of sp³-hybridized carbons (Fsp3) is 0.500. The van der Waals surface area contributed by atoms with Crippen LogP contribution in [0.15, 0.2) is 35.5 Å². The summed E-state index contributed by atoms with van der Waals surface area (Å²) in [4.78, 5) is 24.7. The SMILES string of the molecule is COCCOC(=O)N1CCC(Oc2cc(N3CCc4cc(S(C)(=O)=O)ccc43)ncn2)CC1. The van der Waals surface area contributed by atoms with E-state index in [2.05, 4.69) is 9.97 Å². The molecule has 2 aliphatic rings. The van der Waals surface area contributed by atoms with Gasteiger partial charge in [-0.25, -0.2) is 23.2 Å². The summed E-state index contributed by atoms with van der Waals surface area (Å²) in [5.74, 6) is 1.17. The van der Waals surface area contributed by atoms with Gasteiger partial charge in [0.15, 0.2) is 9.84 Å². The molecule has 0 spiro atoms. The van der Waals surface area contributed by atoms with Crippen LogP contribution in [-0.4, -0.2) is 81.7 Å². The van der Waals surface area contributed by atoms with Gasteiger partial charge in [0.25, 0.3) is 0 Å². The fourth-order valence-corrected chi connectivity index (χ4v) is 4.69. The van der Waals surface area contributed by atoms with Crippen LogP contribution in [0.5, 0.6) is 5.88 Å². The van der Waals surface area contributed by atoms with Crippen LogP contribution in [0.3, 0.4) is 0 Å². The normalized spacial score (nSPS) is 16.5. The highest BCUT2D eigenvalue weighted by Gasteiger charge is 2.27. The Morgan fingerprint density at radius 1 is 1.12 bits per heavy atom. The summed E-state index contributed by atoms with van der Waals surface area (Å²) in [6, 6.07) is 6.98. The highest BCUT2D eigenvalue weighted by atomic mass is 32.2. The van der Waals surface area contributed by atoms with Gasteiger partial charge in [-0.3, -0.25) is 0 Å². The Morgan fingerprint density at radius 2 is 1.91 bits per heavy atom. The summed E-state index contributed by atoms with van der Waals surface area (Å²) >= 11 is 0. The number of carbonyl (C=O) groups excluding carboxylic acids is 1. The maximum atomic E-state index is 12.1. The summed E-state index contributed by atoms with van der Waals surface area (Å²) in [5.41, 5.74) is 1.91. The van der Waals surface area contributed by atoms with E-state index in [1.165, 1.54) is 12.6 Å². The van der Waals surface area contributed by atoms with E-state index in [1.807, 2.05) is 11.0 Å². The summed E-state index contributed by atoms with van der Waals surface area (Å²) in [6.07, 6.45) is 4.39. The van der Waals surface area contributed by atoms with E-state index in [-0.39, 0.29) is 18.8 Å². The molecule has 33 heavy (non-hydrogen) atoms. The van der Waals surface area contributed by atoms with Gasteiger partial charge in [-0.2, -0.15) is 0 Å². The number of nitrogens with zero attached hydrogens (tertiary/aromatic N) is 4. The second-order valence-electron chi connectivity index (χ2n) is 8.09. The molecule has 0 N–H and O–H groups in total. The number of amides is 1. The molecule has 0 unspecified atom stereocenters. The number of likely N-dealkylation sites (tertiary alicyclic amines) is 1. The lowest BCUT2D eigenvalue weighted by atomic mass is 10.1. The lowest BCUT2D eigenvalue weighted by Gasteiger charge is -2.31. The molecule has 11 heteroatoms. The monoisotopic (exact) mass is 476 g/mol. The van der Waals surface area contributed by atoms with Gasteiger partial charge in [-0.05, 0) is 30.2 Å². The first kappa shape index (κ1) is 23.2. The van der Waals surface area contributed by atoms with Gasteiger partial charge < -0.3 is 24.0 Å². The summed E-state index contributed by atoms with van der Waals surface area (Å²) in [6.45, 7) is 2.42. The van der Waals surface area contributed by atoms with Gasteiger partial charge >= 0.3 is 6.09 Å². The van der Waals surface area contributed by atoms with Crippen LogP contribution in [0.1, 0.15) is 18.4 Å². The van der Waals surface area contributed by atoms with Gasteiger partial charge in [0.2, 0.25) is 5.88 Å². The molecule has 1 aromatic heterocycles. The van der Waals surface area contributed by atoms with Gasteiger partial charge in [-0.1, -0.05) is 0 Å². The molecule has 0 aliphatic carbocycles. The molecule has 2 aromatic rings. The largest absolute Gasteiger partial charge is 0.474 e. The van der Waals surface area contributed by atoms with E-state index < -0.39 is 9.84 Å². The first-order valence-corrected chi connectivity index (χ1v) is 12.7. The van der Waals surface area contributed by atoms with Gasteiger partial charge in [0.1, 0.15) is 24.9 Å². The molecule has 0 saturated carbocycles. The maximum absolute atomic E-state index is 12.1. The minimum atomic E-state index is -3.25. The van der Waals surface area contributed by atoms with Crippen LogP contribution in [-0.2, 0) is 25.7 Å². The van der Waals surface area contributed by atoms with Crippen LogP contribution >= 0.6 is 0 Å². The van der Waals surface area contributed by atoms with Crippen LogP contribution in [0.25, 0.3) is 0 Å². The molecule has 1 saturated heterocycles. The van der Waals surface area contributed by atoms with Crippen molar-refractivity contribution >= 4 is 27.4 Å². The second kappa shape index (κ2) is 9.92. The Hall–Kier alpha value is -2.92. The number of anilines is 2. The molecule has 10 nitrogen and oxygen atoms in total. The smallest absolute Gasteiger partial charge is 0.409 e. The predicted molar refractivity (Wildman–Crippen MR) is 121 cm³/mol. The Balaban J connectivity index is 1.37. The van der Waals surface area contributed by atoms with Crippen molar-refractivity contribution in [3.8, 4) is 5.88 Å². The average molecular weight is 477 g/mol. The Bertz CT molecular complexity index is 1100. The number of piperidine rings is 1. The van der Waals surface area contributed by atoms with Crippen molar-refractivity contribution < 1.29 is 27.4 Å². The van der Waals surface area contributed by atoms with Gasteiger partial charge in [-0.15, -0.1) is 0 Å². The van der Waals surface area contributed by atoms with E-state index in [9.17, 15) is 13.2 Å². The Kier molecular flexibility index (Phi) is 6.99. The molecule has 1 fully saturated rings. The van der Waals surface area contributed by atoms with E-state index in [0.29, 0.717) is 55.7 Å². The van der Waals surface area contributed by atoms with E-state index in [1.54, 1.807) is 30.2 Å².